The van der Waals surface area contributed by atoms with Crippen LogP contribution in [0.15, 0.2) is 29.1 Å². The lowest BCUT2D eigenvalue weighted by atomic mass is 9.93. The zero-order valence-electron chi connectivity index (χ0n) is 15.5. The Morgan fingerprint density at radius 3 is 2.67 bits per heavy atom. The molecular formula is C21H26FN3O2. The molecule has 4 rings (SSSR count). The summed E-state index contributed by atoms with van der Waals surface area (Å²) >= 11 is 0. The Labute approximate surface area is 158 Å². The molecule has 144 valence electrons. The first-order chi connectivity index (χ1) is 13.1. The van der Waals surface area contributed by atoms with Crippen LogP contribution in [0.5, 0.6) is 0 Å². The molecule has 27 heavy (non-hydrogen) atoms. The van der Waals surface area contributed by atoms with Gasteiger partial charge in [-0.05, 0) is 74.3 Å². The molecule has 6 heteroatoms. The second-order valence-electron chi connectivity index (χ2n) is 7.85. The molecule has 0 spiro atoms. The van der Waals surface area contributed by atoms with Gasteiger partial charge in [-0.3, -0.25) is 14.5 Å². The maximum absolute atomic E-state index is 13.3. The Bertz CT molecular complexity index is 887. The number of aromatic nitrogens is 1. The highest BCUT2D eigenvalue weighted by atomic mass is 19.1. The van der Waals surface area contributed by atoms with E-state index in [1.165, 1.54) is 12.1 Å². The molecule has 0 radical (unpaired) electrons. The molecule has 5 nitrogen and oxygen atoms in total. The summed E-state index contributed by atoms with van der Waals surface area (Å²) in [5, 5.41) is 0.858. The number of carbonyl (C=O) groups is 1. The average Bonchev–Trinajstić information content (AvgIpc) is 3.07. The maximum atomic E-state index is 13.3. The van der Waals surface area contributed by atoms with Crippen LogP contribution < -0.4 is 5.56 Å². The highest BCUT2D eigenvalue weighted by Crippen LogP contribution is 2.23. The first-order valence-electron chi connectivity index (χ1n) is 9.90. The van der Waals surface area contributed by atoms with Crippen molar-refractivity contribution in [2.75, 3.05) is 26.2 Å². The van der Waals surface area contributed by atoms with Gasteiger partial charge in [-0.1, -0.05) is 0 Å². The van der Waals surface area contributed by atoms with Gasteiger partial charge in [0, 0.05) is 31.6 Å². The number of halogens is 1. The Kier molecular flexibility index (Phi) is 5.25. The average molecular weight is 371 g/mol. The Hall–Kier alpha value is -2.21. The lowest BCUT2D eigenvalue weighted by molar-refractivity contribution is -0.127. The molecule has 2 fully saturated rings. The lowest BCUT2D eigenvalue weighted by Crippen LogP contribution is -2.36. The molecule has 1 aromatic heterocycles. The van der Waals surface area contributed by atoms with Gasteiger partial charge >= 0.3 is 0 Å². The van der Waals surface area contributed by atoms with Crippen LogP contribution in [0.25, 0.3) is 10.9 Å². The molecule has 0 saturated carbocycles. The van der Waals surface area contributed by atoms with Crippen molar-refractivity contribution in [1.82, 2.24) is 14.8 Å². The van der Waals surface area contributed by atoms with E-state index >= 15 is 0 Å². The first kappa shape index (κ1) is 18.2. The molecule has 2 aliphatic heterocycles. The van der Waals surface area contributed by atoms with E-state index in [2.05, 4.69) is 9.88 Å². The standard InChI is InChI=1S/C21H26FN3O2/c22-18-4-3-16-12-17(21(27)23-19(16)13-18)14-24-9-5-15(6-10-24)7-11-25-8-1-2-20(25)26/h3-4,12-13,15H,1-2,5-11,14H2,(H,23,27). The Balaban J connectivity index is 1.32. The second-order valence-corrected chi connectivity index (χ2v) is 7.85. The Morgan fingerprint density at radius 2 is 1.93 bits per heavy atom. The molecule has 0 bridgehead atoms. The third-order valence-corrected chi connectivity index (χ3v) is 5.96. The van der Waals surface area contributed by atoms with Gasteiger partial charge in [-0.2, -0.15) is 0 Å². The quantitative estimate of drug-likeness (QED) is 0.879. The van der Waals surface area contributed by atoms with Crippen LogP contribution in [0.2, 0.25) is 0 Å². The largest absolute Gasteiger partial charge is 0.343 e. The van der Waals surface area contributed by atoms with Crippen LogP contribution in [0.4, 0.5) is 4.39 Å². The summed E-state index contributed by atoms with van der Waals surface area (Å²) in [5.41, 5.74) is 1.14. The van der Waals surface area contributed by atoms with Gasteiger partial charge in [0.2, 0.25) is 5.91 Å². The highest BCUT2D eigenvalue weighted by Gasteiger charge is 2.24. The highest BCUT2D eigenvalue weighted by molar-refractivity contribution is 5.79. The monoisotopic (exact) mass is 371 g/mol. The van der Waals surface area contributed by atoms with Gasteiger partial charge in [-0.15, -0.1) is 0 Å². The number of piperidine rings is 1. The second kappa shape index (κ2) is 7.80. The number of rotatable bonds is 5. The fraction of sp³-hybridized carbons (Fsp3) is 0.524. The molecule has 0 unspecified atom stereocenters. The molecule has 1 aromatic carbocycles. The van der Waals surface area contributed by atoms with Gasteiger partial charge in [0.15, 0.2) is 0 Å². The molecule has 1 N–H and O–H groups in total. The minimum atomic E-state index is -0.344. The van der Waals surface area contributed by atoms with Crippen LogP contribution in [-0.2, 0) is 11.3 Å². The third kappa shape index (κ3) is 4.21. The van der Waals surface area contributed by atoms with Gasteiger partial charge in [0.1, 0.15) is 5.82 Å². The number of nitrogens with one attached hydrogen (secondary N) is 1. The van der Waals surface area contributed by atoms with Crippen molar-refractivity contribution in [3.8, 4) is 0 Å². The lowest BCUT2D eigenvalue weighted by Gasteiger charge is -2.32. The number of aromatic amines is 1. The van der Waals surface area contributed by atoms with Crippen LogP contribution in [0, 0.1) is 11.7 Å². The van der Waals surface area contributed by atoms with Crippen LogP contribution in [-0.4, -0.2) is 46.9 Å². The summed E-state index contributed by atoms with van der Waals surface area (Å²) in [5.74, 6) is 0.624. The predicted octanol–water partition coefficient (Wildman–Crippen LogP) is 2.89. The Morgan fingerprint density at radius 1 is 1.11 bits per heavy atom. The number of hydrogen-bond acceptors (Lipinski definition) is 3. The van der Waals surface area contributed by atoms with Crippen molar-refractivity contribution < 1.29 is 9.18 Å². The van der Waals surface area contributed by atoms with E-state index in [1.807, 2.05) is 11.0 Å². The summed E-state index contributed by atoms with van der Waals surface area (Å²) < 4.78 is 13.3. The molecule has 2 aliphatic rings. The number of hydrogen-bond donors (Lipinski definition) is 1. The molecule has 0 aliphatic carbocycles. The van der Waals surface area contributed by atoms with Crippen molar-refractivity contribution in [3.63, 3.8) is 0 Å². The number of benzene rings is 1. The zero-order chi connectivity index (χ0) is 18.8. The number of likely N-dealkylation sites (tertiary alicyclic amines) is 2. The van der Waals surface area contributed by atoms with Crippen LogP contribution in [0.1, 0.15) is 37.7 Å². The topological polar surface area (TPSA) is 56.4 Å². The fourth-order valence-electron chi connectivity index (χ4n) is 4.29. The van der Waals surface area contributed by atoms with Gasteiger partial charge in [0.05, 0.1) is 5.52 Å². The summed E-state index contributed by atoms with van der Waals surface area (Å²) in [4.78, 5) is 31.1. The molecule has 0 atom stereocenters. The zero-order valence-corrected chi connectivity index (χ0v) is 15.5. The van der Waals surface area contributed by atoms with Gasteiger partial charge < -0.3 is 9.88 Å². The van der Waals surface area contributed by atoms with Crippen molar-refractivity contribution in [1.29, 1.82) is 0 Å². The molecule has 3 heterocycles. The summed E-state index contributed by atoms with van der Waals surface area (Å²) in [6.07, 6.45) is 5.02. The van der Waals surface area contributed by atoms with Crippen molar-refractivity contribution in [2.24, 2.45) is 5.92 Å². The van der Waals surface area contributed by atoms with Crippen molar-refractivity contribution >= 4 is 16.8 Å². The van der Waals surface area contributed by atoms with E-state index < -0.39 is 0 Å². The van der Waals surface area contributed by atoms with E-state index in [-0.39, 0.29) is 11.4 Å². The third-order valence-electron chi connectivity index (χ3n) is 5.96. The van der Waals surface area contributed by atoms with E-state index in [1.54, 1.807) is 6.07 Å². The minimum Gasteiger partial charge on any atom is -0.343 e. The first-order valence-corrected chi connectivity index (χ1v) is 9.90. The van der Waals surface area contributed by atoms with Crippen molar-refractivity contribution in [3.05, 3.63) is 46.0 Å². The summed E-state index contributed by atoms with van der Waals surface area (Å²) in [6, 6.07) is 6.35. The normalized spacial score (nSPS) is 19.3. The number of fused-ring (bicyclic) bond motifs is 1. The van der Waals surface area contributed by atoms with E-state index in [0.717, 1.165) is 62.8 Å². The minimum absolute atomic E-state index is 0.136. The molecule has 2 aromatic rings. The number of H-pyrrole nitrogens is 1. The number of amides is 1. The molecular weight excluding hydrogens is 345 g/mol. The van der Waals surface area contributed by atoms with Crippen molar-refractivity contribution in [2.45, 2.75) is 38.6 Å². The van der Waals surface area contributed by atoms with Gasteiger partial charge in [-0.25, -0.2) is 4.39 Å². The van der Waals surface area contributed by atoms with Crippen LogP contribution >= 0.6 is 0 Å². The van der Waals surface area contributed by atoms with Crippen LogP contribution in [0.3, 0.4) is 0 Å². The molecule has 2 saturated heterocycles. The SMILES string of the molecule is O=C1CCCN1CCC1CCN(Cc2cc3ccc(F)cc3[nH]c2=O)CC1. The smallest absolute Gasteiger partial charge is 0.252 e. The van der Waals surface area contributed by atoms with E-state index in [0.29, 0.717) is 30.3 Å². The molecule has 1 amide bonds. The van der Waals surface area contributed by atoms with Gasteiger partial charge in [0.25, 0.3) is 5.56 Å². The summed E-state index contributed by atoms with van der Waals surface area (Å²) in [6.45, 7) is 4.38. The fourth-order valence-corrected chi connectivity index (χ4v) is 4.29. The predicted molar refractivity (Wildman–Crippen MR) is 103 cm³/mol. The number of nitrogens with zero attached hydrogens (tertiary/aromatic N) is 2. The number of pyridine rings is 1. The summed E-state index contributed by atoms with van der Waals surface area (Å²) in [7, 11) is 0. The maximum Gasteiger partial charge on any atom is 0.252 e. The van der Waals surface area contributed by atoms with E-state index in [4.69, 9.17) is 0 Å². The van der Waals surface area contributed by atoms with E-state index in [9.17, 15) is 14.0 Å². The number of carbonyl (C=O) groups excluding carboxylic acids is 1.